The number of carbonyl (C=O) groups is 1. The molecule has 0 radical (unpaired) electrons. The molecule has 0 saturated carbocycles. The standard InChI is InChI=1S/C17H14N4O3/c22-16-12-6-7-21(9-14(12)18-10-19-16)17(23)13-8-15(24-20-13)11-4-2-1-3-5-11/h1-5,8,10H,6-7,9H2,(H,18,19,22). The first kappa shape index (κ1) is 14.4. The van der Waals surface area contributed by atoms with E-state index in [-0.39, 0.29) is 17.2 Å². The van der Waals surface area contributed by atoms with E-state index in [0.29, 0.717) is 36.5 Å². The number of hydrogen-bond donors (Lipinski definition) is 1. The average molecular weight is 322 g/mol. The number of benzene rings is 1. The van der Waals surface area contributed by atoms with Crippen LogP contribution in [-0.4, -0.2) is 32.5 Å². The highest BCUT2D eigenvalue weighted by Crippen LogP contribution is 2.22. The fourth-order valence-electron chi connectivity index (χ4n) is 2.82. The topological polar surface area (TPSA) is 92.1 Å². The first-order valence-electron chi connectivity index (χ1n) is 7.59. The number of H-pyrrole nitrogens is 1. The van der Waals surface area contributed by atoms with Gasteiger partial charge in [-0.3, -0.25) is 9.59 Å². The van der Waals surface area contributed by atoms with Crippen molar-refractivity contribution < 1.29 is 9.32 Å². The smallest absolute Gasteiger partial charge is 0.276 e. The summed E-state index contributed by atoms with van der Waals surface area (Å²) in [5.74, 6) is 0.319. The summed E-state index contributed by atoms with van der Waals surface area (Å²) in [4.78, 5) is 32.7. The number of hydrogen-bond acceptors (Lipinski definition) is 5. The molecule has 1 aromatic carbocycles. The van der Waals surface area contributed by atoms with Crippen molar-refractivity contribution in [3.63, 3.8) is 0 Å². The molecular formula is C17H14N4O3. The lowest BCUT2D eigenvalue weighted by Crippen LogP contribution is -2.39. The lowest BCUT2D eigenvalue weighted by molar-refractivity contribution is 0.0721. The van der Waals surface area contributed by atoms with E-state index in [1.54, 1.807) is 11.0 Å². The summed E-state index contributed by atoms with van der Waals surface area (Å²) >= 11 is 0. The fraction of sp³-hybridized carbons (Fsp3) is 0.176. The van der Waals surface area contributed by atoms with Crippen molar-refractivity contribution in [1.82, 2.24) is 20.0 Å². The average Bonchev–Trinajstić information content (AvgIpc) is 3.12. The summed E-state index contributed by atoms with van der Waals surface area (Å²) < 4.78 is 5.28. The van der Waals surface area contributed by atoms with E-state index >= 15 is 0 Å². The van der Waals surface area contributed by atoms with Crippen LogP contribution in [-0.2, 0) is 13.0 Å². The minimum absolute atomic E-state index is 0.139. The highest BCUT2D eigenvalue weighted by Gasteiger charge is 2.26. The molecule has 2 aromatic heterocycles. The van der Waals surface area contributed by atoms with Crippen LogP contribution in [0.4, 0.5) is 0 Å². The van der Waals surface area contributed by atoms with E-state index in [0.717, 1.165) is 5.56 Å². The van der Waals surface area contributed by atoms with Gasteiger partial charge in [0, 0.05) is 23.7 Å². The summed E-state index contributed by atoms with van der Waals surface area (Å²) in [6, 6.07) is 11.1. The summed E-state index contributed by atoms with van der Waals surface area (Å²) in [6.45, 7) is 0.750. The first-order chi connectivity index (χ1) is 11.7. The van der Waals surface area contributed by atoms with Crippen LogP contribution in [0, 0.1) is 0 Å². The number of aromatic amines is 1. The Labute approximate surface area is 136 Å². The van der Waals surface area contributed by atoms with Gasteiger partial charge in [0.25, 0.3) is 11.5 Å². The number of aromatic nitrogens is 3. The van der Waals surface area contributed by atoms with Gasteiger partial charge in [0.1, 0.15) is 0 Å². The van der Waals surface area contributed by atoms with E-state index in [1.807, 2.05) is 30.3 Å². The van der Waals surface area contributed by atoms with Crippen LogP contribution in [0.1, 0.15) is 21.7 Å². The Kier molecular flexibility index (Phi) is 3.45. The third-order valence-corrected chi connectivity index (χ3v) is 4.09. The van der Waals surface area contributed by atoms with Gasteiger partial charge >= 0.3 is 0 Å². The minimum atomic E-state index is -0.228. The Morgan fingerprint density at radius 2 is 2.08 bits per heavy atom. The predicted octanol–water partition coefficient (Wildman–Crippen LogP) is 1.62. The number of rotatable bonds is 2. The molecule has 0 unspecified atom stereocenters. The second-order valence-corrected chi connectivity index (χ2v) is 5.58. The third kappa shape index (κ3) is 2.50. The van der Waals surface area contributed by atoms with Crippen LogP contribution in [0.15, 0.2) is 52.0 Å². The molecule has 7 heteroatoms. The number of nitrogens with one attached hydrogen (secondary N) is 1. The zero-order valence-corrected chi connectivity index (χ0v) is 12.7. The molecular weight excluding hydrogens is 308 g/mol. The molecule has 3 heterocycles. The Morgan fingerprint density at radius 1 is 1.25 bits per heavy atom. The molecule has 3 aromatic rings. The number of fused-ring (bicyclic) bond motifs is 1. The molecule has 0 bridgehead atoms. The molecule has 0 saturated heterocycles. The van der Waals surface area contributed by atoms with E-state index in [1.165, 1.54) is 6.33 Å². The Morgan fingerprint density at radius 3 is 2.92 bits per heavy atom. The van der Waals surface area contributed by atoms with Gasteiger partial charge in [-0.1, -0.05) is 35.5 Å². The first-order valence-corrected chi connectivity index (χ1v) is 7.59. The zero-order valence-electron chi connectivity index (χ0n) is 12.7. The third-order valence-electron chi connectivity index (χ3n) is 4.09. The SMILES string of the molecule is O=C(c1cc(-c2ccccc2)on1)N1CCc2c(nc[nH]c2=O)C1. The van der Waals surface area contributed by atoms with Crippen molar-refractivity contribution in [1.29, 1.82) is 0 Å². The van der Waals surface area contributed by atoms with Crippen LogP contribution >= 0.6 is 0 Å². The molecule has 0 aliphatic carbocycles. The van der Waals surface area contributed by atoms with Gasteiger partial charge in [-0.05, 0) is 6.42 Å². The van der Waals surface area contributed by atoms with Crippen LogP contribution < -0.4 is 5.56 Å². The quantitative estimate of drug-likeness (QED) is 0.774. The largest absolute Gasteiger partial charge is 0.355 e. The molecule has 1 N–H and O–H groups in total. The van der Waals surface area contributed by atoms with Crippen LogP contribution in [0.3, 0.4) is 0 Å². The summed E-state index contributed by atoms with van der Waals surface area (Å²) in [7, 11) is 0. The number of amides is 1. The van der Waals surface area contributed by atoms with Gasteiger partial charge in [0.15, 0.2) is 11.5 Å². The molecule has 120 valence electrons. The minimum Gasteiger partial charge on any atom is -0.355 e. The van der Waals surface area contributed by atoms with Gasteiger partial charge in [-0.15, -0.1) is 0 Å². The Balaban J connectivity index is 1.57. The van der Waals surface area contributed by atoms with Crippen molar-refractivity contribution in [2.75, 3.05) is 6.54 Å². The second kappa shape index (κ2) is 5.77. The number of nitrogens with zero attached hydrogens (tertiary/aromatic N) is 3. The Bertz CT molecular complexity index is 946. The van der Waals surface area contributed by atoms with E-state index < -0.39 is 0 Å². The summed E-state index contributed by atoms with van der Waals surface area (Å²) in [6.07, 6.45) is 1.84. The molecule has 0 spiro atoms. The van der Waals surface area contributed by atoms with Crippen LogP contribution in [0.5, 0.6) is 0 Å². The van der Waals surface area contributed by atoms with Crippen molar-refractivity contribution in [3.8, 4) is 11.3 Å². The normalized spacial score (nSPS) is 13.6. The fourth-order valence-corrected chi connectivity index (χ4v) is 2.82. The second-order valence-electron chi connectivity index (χ2n) is 5.58. The molecule has 1 aliphatic heterocycles. The van der Waals surface area contributed by atoms with E-state index in [9.17, 15) is 9.59 Å². The lowest BCUT2D eigenvalue weighted by Gasteiger charge is -2.26. The van der Waals surface area contributed by atoms with Gasteiger partial charge in [0.05, 0.1) is 18.6 Å². The highest BCUT2D eigenvalue weighted by molar-refractivity contribution is 5.93. The maximum Gasteiger partial charge on any atom is 0.276 e. The Hall–Kier alpha value is -3.22. The van der Waals surface area contributed by atoms with Crippen molar-refractivity contribution >= 4 is 5.91 Å². The van der Waals surface area contributed by atoms with E-state index in [4.69, 9.17) is 4.52 Å². The molecule has 1 aliphatic rings. The van der Waals surface area contributed by atoms with Crippen LogP contribution in [0.25, 0.3) is 11.3 Å². The van der Waals surface area contributed by atoms with Crippen molar-refractivity contribution in [2.45, 2.75) is 13.0 Å². The maximum atomic E-state index is 12.6. The van der Waals surface area contributed by atoms with Crippen molar-refractivity contribution in [2.24, 2.45) is 0 Å². The summed E-state index contributed by atoms with van der Waals surface area (Å²) in [5, 5.41) is 3.89. The van der Waals surface area contributed by atoms with Gasteiger partial charge in [-0.2, -0.15) is 0 Å². The van der Waals surface area contributed by atoms with Gasteiger partial charge in [0.2, 0.25) is 0 Å². The van der Waals surface area contributed by atoms with Gasteiger partial charge in [-0.25, -0.2) is 4.98 Å². The highest BCUT2D eigenvalue weighted by atomic mass is 16.5. The summed E-state index contributed by atoms with van der Waals surface area (Å²) in [5.41, 5.74) is 2.25. The molecule has 24 heavy (non-hydrogen) atoms. The molecule has 4 rings (SSSR count). The zero-order chi connectivity index (χ0) is 16.5. The van der Waals surface area contributed by atoms with Crippen molar-refractivity contribution in [3.05, 3.63) is 70.0 Å². The number of carbonyl (C=O) groups excluding carboxylic acids is 1. The van der Waals surface area contributed by atoms with Crippen LogP contribution in [0.2, 0.25) is 0 Å². The molecule has 0 atom stereocenters. The predicted molar refractivity (Wildman–Crippen MR) is 85.2 cm³/mol. The maximum absolute atomic E-state index is 12.6. The lowest BCUT2D eigenvalue weighted by atomic mass is 10.1. The monoisotopic (exact) mass is 322 g/mol. The molecule has 0 fully saturated rings. The van der Waals surface area contributed by atoms with Gasteiger partial charge < -0.3 is 14.4 Å². The molecule has 1 amide bonds. The van der Waals surface area contributed by atoms with E-state index in [2.05, 4.69) is 15.1 Å². The molecule has 7 nitrogen and oxygen atoms in total.